The zero-order chi connectivity index (χ0) is 23.0. The van der Waals surface area contributed by atoms with E-state index in [2.05, 4.69) is 10.4 Å². The van der Waals surface area contributed by atoms with Gasteiger partial charge in [-0.05, 0) is 64.1 Å². The number of hydrogen-bond acceptors (Lipinski definition) is 6. The number of nitrogens with zero attached hydrogens (tertiary/aromatic N) is 3. The van der Waals surface area contributed by atoms with Gasteiger partial charge in [0.25, 0.3) is 5.91 Å². The maximum absolute atomic E-state index is 13.3. The molecule has 1 amide bonds. The Bertz CT molecular complexity index is 1320. The molecule has 0 aliphatic rings. The first kappa shape index (κ1) is 21.3. The summed E-state index contributed by atoms with van der Waals surface area (Å²) in [5.74, 6) is 0.768. The van der Waals surface area contributed by atoms with Crippen molar-refractivity contribution in [3.63, 3.8) is 0 Å². The summed E-state index contributed by atoms with van der Waals surface area (Å²) in [6.07, 6.45) is 1.66. The SMILES string of the molecule is COC(=O)c1ccc(NC(=O)c2cc(-c3cc(C)oc3C)nc3c2cnn3C(C)C)cc1. The fraction of sp³-hybridized carbons (Fsp3) is 0.250. The van der Waals surface area contributed by atoms with Gasteiger partial charge in [0.15, 0.2) is 5.65 Å². The summed E-state index contributed by atoms with van der Waals surface area (Å²) in [6, 6.07) is 10.3. The molecule has 1 N–H and O–H groups in total. The van der Waals surface area contributed by atoms with Gasteiger partial charge in [-0.25, -0.2) is 14.5 Å². The Balaban J connectivity index is 1.77. The Morgan fingerprint density at radius 1 is 1.12 bits per heavy atom. The fourth-order valence-electron chi connectivity index (χ4n) is 3.61. The topological polar surface area (TPSA) is 99.2 Å². The minimum absolute atomic E-state index is 0.0733. The molecule has 0 radical (unpaired) electrons. The highest BCUT2D eigenvalue weighted by atomic mass is 16.5. The van der Waals surface area contributed by atoms with Crippen molar-refractivity contribution in [3.8, 4) is 11.3 Å². The molecule has 0 unspecified atom stereocenters. The predicted molar refractivity (Wildman–Crippen MR) is 121 cm³/mol. The summed E-state index contributed by atoms with van der Waals surface area (Å²) in [4.78, 5) is 29.7. The second-order valence-corrected chi connectivity index (χ2v) is 7.83. The molecule has 8 heteroatoms. The summed E-state index contributed by atoms with van der Waals surface area (Å²) < 4.78 is 12.2. The van der Waals surface area contributed by atoms with Gasteiger partial charge in [-0.15, -0.1) is 0 Å². The molecule has 0 fully saturated rings. The minimum Gasteiger partial charge on any atom is -0.466 e. The normalized spacial score (nSPS) is 11.2. The van der Waals surface area contributed by atoms with Gasteiger partial charge in [0.2, 0.25) is 0 Å². The van der Waals surface area contributed by atoms with Crippen LogP contribution < -0.4 is 5.32 Å². The summed E-state index contributed by atoms with van der Waals surface area (Å²) in [5.41, 5.74) is 3.51. The molecular formula is C24H24N4O4. The van der Waals surface area contributed by atoms with Crippen LogP contribution in [0.15, 0.2) is 47.0 Å². The van der Waals surface area contributed by atoms with Crippen molar-refractivity contribution in [2.75, 3.05) is 12.4 Å². The zero-order valence-corrected chi connectivity index (χ0v) is 18.6. The van der Waals surface area contributed by atoms with E-state index < -0.39 is 5.97 Å². The van der Waals surface area contributed by atoms with Crippen LogP contribution in [0.5, 0.6) is 0 Å². The van der Waals surface area contributed by atoms with Crippen LogP contribution in [0.3, 0.4) is 0 Å². The van der Waals surface area contributed by atoms with Gasteiger partial charge < -0.3 is 14.5 Å². The maximum Gasteiger partial charge on any atom is 0.337 e. The Morgan fingerprint density at radius 3 is 2.44 bits per heavy atom. The van der Waals surface area contributed by atoms with E-state index in [1.165, 1.54) is 7.11 Å². The number of esters is 1. The number of carbonyl (C=O) groups is 2. The third-order valence-corrected chi connectivity index (χ3v) is 5.18. The number of aryl methyl sites for hydroxylation is 2. The summed E-state index contributed by atoms with van der Waals surface area (Å²) in [6.45, 7) is 7.77. The largest absolute Gasteiger partial charge is 0.466 e. The third kappa shape index (κ3) is 3.87. The molecule has 0 bridgehead atoms. The molecule has 0 spiro atoms. The number of benzene rings is 1. The van der Waals surface area contributed by atoms with E-state index in [0.29, 0.717) is 33.5 Å². The van der Waals surface area contributed by atoms with Crippen molar-refractivity contribution in [2.24, 2.45) is 0 Å². The molecule has 164 valence electrons. The van der Waals surface area contributed by atoms with Crippen molar-refractivity contribution in [1.82, 2.24) is 14.8 Å². The Hall–Kier alpha value is -3.94. The van der Waals surface area contributed by atoms with E-state index in [1.807, 2.05) is 33.8 Å². The molecule has 0 aliphatic carbocycles. The number of methoxy groups -OCH3 is 1. The predicted octanol–water partition coefficient (Wildman–Crippen LogP) is 4.93. The number of fused-ring (bicyclic) bond motifs is 1. The van der Waals surface area contributed by atoms with Crippen LogP contribution in [-0.2, 0) is 4.74 Å². The lowest BCUT2D eigenvalue weighted by atomic mass is 10.1. The Morgan fingerprint density at radius 2 is 1.84 bits per heavy atom. The molecule has 0 saturated heterocycles. The standard InChI is InChI=1S/C24H24N4O4/c1-13(2)28-22-20(12-25-28)19(11-21(27-22)18-10-14(3)32-15(18)4)23(29)26-17-8-6-16(7-9-17)24(30)31-5/h6-13H,1-5H3,(H,26,29). The molecule has 1 aromatic carbocycles. The maximum atomic E-state index is 13.3. The molecule has 4 aromatic rings. The lowest BCUT2D eigenvalue weighted by Crippen LogP contribution is -2.13. The van der Waals surface area contributed by atoms with E-state index in [9.17, 15) is 9.59 Å². The summed E-state index contributed by atoms with van der Waals surface area (Å²) in [5, 5.41) is 8.00. The van der Waals surface area contributed by atoms with Gasteiger partial charge in [-0.3, -0.25) is 4.79 Å². The zero-order valence-electron chi connectivity index (χ0n) is 18.6. The molecule has 4 rings (SSSR count). The van der Waals surface area contributed by atoms with Crippen molar-refractivity contribution in [1.29, 1.82) is 0 Å². The summed E-state index contributed by atoms with van der Waals surface area (Å²) >= 11 is 0. The van der Waals surface area contributed by atoms with Gasteiger partial charge in [-0.2, -0.15) is 5.10 Å². The van der Waals surface area contributed by atoms with Crippen LogP contribution in [0.2, 0.25) is 0 Å². The Kier molecular flexibility index (Phi) is 5.52. The number of rotatable bonds is 5. The monoisotopic (exact) mass is 432 g/mol. The quantitative estimate of drug-likeness (QED) is 0.449. The second kappa shape index (κ2) is 8.30. The van der Waals surface area contributed by atoms with Crippen LogP contribution in [0.4, 0.5) is 5.69 Å². The lowest BCUT2D eigenvalue weighted by Gasteiger charge is -2.11. The van der Waals surface area contributed by atoms with Crippen LogP contribution >= 0.6 is 0 Å². The number of nitrogens with one attached hydrogen (secondary N) is 1. The van der Waals surface area contributed by atoms with Crippen LogP contribution in [0, 0.1) is 13.8 Å². The van der Waals surface area contributed by atoms with E-state index in [-0.39, 0.29) is 11.9 Å². The Labute approximate surface area is 185 Å². The van der Waals surface area contributed by atoms with E-state index in [4.69, 9.17) is 14.1 Å². The first-order valence-corrected chi connectivity index (χ1v) is 10.2. The van der Waals surface area contributed by atoms with Gasteiger partial charge >= 0.3 is 5.97 Å². The fourth-order valence-corrected chi connectivity index (χ4v) is 3.61. The minimum atomic E-state index is -0.435. The highest BCUT2D eigenvalue weighted by Gasteiger charge is 2.20. The molecule has 3 heterocycles. The molecule has 0 saturated carbocycles. The van der Waals surface area contributed by atoms with E-state index >= 15 is 0 Å². The van der Waals surface area contributed by atoms with Crippen LogP contribution in [0.1, 0.15) is 52.1 Å². The number of ether oxygens (including phenoxy) is 1. The van der Waals surface area contributed by atoms with Crippen molar-refractivity contribution in [2.45, 2.75) is 33.7 Å². The number of pyridine rings is 1. The molecule has 0 atom stereocenters. The van der Waals surface area contributed by atoms with Crippen molar-refractivity contribution < 1.29 is 18.7 Å². The van der Waals surface area contributed by atoms with Crippen LogP contribution in [0.25, 0.3) is 22.3 Å². The van der Waals surface area contributed by atoms with Gasteiger partial charge in [0.1, 0.15) is 11.5 Å². The smallest absolute Gasteiger partial charge is 0.337 e. The number of amides is 1. The van der Waals surface area contributed by atoms with E-state index in [0.717, 1.165) is 17.1 Å². The van der Waals surface area contributed by atoms with Crippen LogP contribution in [-0.4, -0.2) is 33.8 Å². The van der Waals surface area contributed by atoms with Crippen molar-refractivity contribution in [3.05, 3.63) is 65.2 Å². The number of anilines is 1. The summed E-state index contributed by atoms with van der Waals surface area (Å²) in [7, 11) is 1.32. The highest BCUT2D eigenvalue weighted by molar-refractivity contribution is 6.12. The number of furan rings is 1. The molecule has 3 aromatic heterocycles. The first-order chi connectivity index (χ1) is 15.3. The lowest BCUT2D eigenvalue weighted by molar-refractivity contribution is 0.0600. The molecule has 32 heavy (non-hydrogen) atoms. The third-order valence-electron chi connectivity index (χ3n) is 5.18. The molecule has 0 aliphatic heterocycles. The van der Waals surface area contributed by atoms with Gasteiger partial charge in [0, 0.05) is 17.3 Å². The van der Waals surface area contributed by atoms with Gasteiger partial charge in [-0.1, -0.05) is 0 Å². The average Bonchev–Trinajstić information content (AvgIpc) is 3.35. The number of aromatic nitrogens is 3. The molecule has 8 nitrogen and oxygen atoms in total. The highest BCUT2D eigenvalue weighted by Crippen LogP contribution is 2.30. The second-order valence-electron chi connectivity index (χ2n) is 7.83. The van der Waals surface area contributed by atoms with Crippen molar-refractivity contribution >= 4 is 28.6 Å². The number of carbonyl (C=O) groups excluding carboxylic acids is 2. The average molecular weight is 432 g/mol. The van der Waals surface area contributed by atoms with Gasteiger partial charge in [0.05, 0.1) is 35.5 Å². The first-order valence-electron chi connectivity index (χ1n) is 10.2. The van der Waals surface area contributed by atoms with E-state index in [1.54, 1.807) is 41.2 Å². The number of hydrogen-bond donors (Lipinski definition) is 1. The molecular weight excluding hydrogens is 408 g/mol.